The summed E-state index contributed by atoms with van der Waals surface area (Å²) in [6, 6.07) is 16.6. The summed E-state index contributed by atoms with van der Waals surface area (Å²) < 4.78 is 10.8. The van der Waals surface area contributed by atoms with E-state index in [0.29, 0.717) is 35.5 Å². The summed E-state index contributed by atoms with van der Waals surface area (Å²) in [5, 5.41) is 7.20. The third kappa shape index (κ3) is 4.61. The van der Waals surface area contributed by atoms with Crippen molar-refractivity contribution >= 4 is 17.5 Å². The standard InChI is InChI=1S/C19H18ClN3O3/c1-13(25-16-10-6-5-9-15(16)20)19(24)21-12-11-17-22-18(23-26-17)14-7-3-2-4-8-14/h2-10,13H,11-12H2,1H3,(H,21,24)/t13-/m0/s1. The normalized spacial score (nSPS) is 11.8. The van der Waals surface area contributed by atoms with E-state index in [0.717, 1.165) is 5.56 Å². The Labute approximate surface area is 156 Å². The van der Waals surface area contributed by atoms with Crippen LogP contribution < -0.4 is 10.1 Å². The molecular weight excluding hydrogens is 354 g/mol. The lowest BCUT2D eigenvalue weighted by Gasteiger charge is -2.15. The van der Waals surface area contributed by atoms with Crippen LogP contribution in [0.1, 0.15) is 12.8 Å². The molecule has 3 rings (SSSR count). The van der Waals surface area contributed by atoms with Crippen LogP contribution in [0.15, 0.2) is 59.1 Å². The molecule has 0 aliphatic carbocycles. The molecule has 26 heavy (non-hydrogen) atoms. The zero-order chi connectivity index (χ0) is 18.4. The van der Waals surface area contributed by atoms with Crippen molar-refractivity contribution in [3.8, 4) is 17.1 Å². The Kier molecular flexibility index (Phi) is 5.86. The van der Waals surface area contributed by atoms with Crippen LogP contribution in [0.5, 0.6) is 5.75 Å². The molecule has 0 spiro atoms. The van der Waals surface area contributed by atoms with Gasteiger partial charge in [-0.1, -0.05) is 59.2 Å². The molecule has 2 aromatic carbocycles. The third-order valence-electron chi connectivity index (χ3n) is 3.65. The Balaban J connectivity index is 1.48. The summed E-state index contributed by atoms with van der Waals surface area (Å²) in [5.41, 5.74) is 0.883. The number of carbonyl (C=O) groups is 1. The molecule has 0 saturated carbocycles. The van der Waals surface area contributed by atoms with Crippen LogP contribution >= 0.6 is 11.6 Å². The van der Waals surface area contributed by atoms with Crippen LogP contribution in [0, 0.1) is 0 Å². The minimum absolute atomic E-state index is 0.243. The molecule has 0 saturated heterocycles. The van der Waals surface area contributed by atoms with E-state index in [-0.39, 0.29) is 5.91 Å². The lowest BCUT2D eigenvalue weighted by Crippen LogP contribution is -2.37. The number of amides is 1. The van der Waals surface area contributed by atoms with E-state index in [1.54, 1.807) is 31.2 Å². The zero-order valence-electron chi connectivity index (χ0n) is 14.2. The molecule has 134 valence electrons. The summed E-state index contributed by atoms with van der Waals surface area (Å²) in [6.07, 6.45) is -0.234. The van der Waals surface area contributed by atoms with Gasteiger partial charge < -0.3 is 14.6 Å². The Morgan fingerprint density at radius 2 is 1.92 bits per heavy atom. The number of ether oxygens (including phenoxy) is 1. The van der Waals surface area contributed by atoms with E-state index < -0.39 is 6.10 Å². The van der Waals surface area contributed by atoms with Crippen molar-refractivity contribution < 1.29 is 14.1 Å². The monoisotopic (exact) mass is 371 g/mol. The molecule has 1 heterocycles. The van der Waals surface area contributed by atoms with Crippen LogP contribution in [-0.4, -0.2) is 28.7 Å². The molecule has 1 aromatic heterocycles. The first kappa shape index (κ1) is 17.9. The van der Waals surface area contributed by atoms with Gasteiger partial charge in [0.05, 0.1) is 5.02 Å². The molecule has 6 nitrogen and oxygen atoms in total. The Morgan fingerprint density at radius 3 is 2.69 bits per heavy atom. The van der Waals surface area contributed by atoms with E-state index in [2.05, 4.69) is 15.5 Å². The fourth-order valence-corrected chi connectivity index (χ4v) is 2.46. The van der Waals surface area contributed by atoms with Gasteiger partial charge in [0.2, 0.25) is 11.7 Å². The largest absolute Gasteiger partial charge is 0.479 e. The van der Waals surface area contributed by atoms with Gasteiger partial charge in [-0.2, -0.15) is 4.98 Å². The number of halogens is 1. The molecule has 1 N–H and O–H groups in total. The smallest absolute Gasteiger partial charge is 0.260 e. The van der Waals surface area contributed by atoms with Gasteiger partial charge in [0.15, 0.2) is 6.10 Å². The first-order valence-corrected chi connectivity index (χ1v) is 8.58. The minimum atomic E-state index is -0.669. The molecule has 0 fully saturated rings. The highest BCUT2D eigenvalue weighted by Gasteiger charge is 2.16. The number of para-hydroxylation sites is 1. The topological polar surface area (TPSA) is 77.2 Å². The van der Waals surface area contributed by atoms with E-state index >= 15 is 0 Å². The summed E-state index contributed by atoms with van der Waals surface area (Å²) in [4.78, 5) is 16.5. The SMILES string of the molecule is C[C@H](Oc1ccccc1Cl)C(=O)NCCc1nc(-c2ccccc2)no1. The van der Waals surface area contributed by atoms with Crippen LogP contribution in [0.25, 0.3) is 11.4 Å². The molecule has 7 heteroatoms. The molecule has 0 unspecified atom stereocenters. The lowest BCUT2D eigenvalue weighted by atomic mass is 10.2. The van der Waals surface area contributed by atoms with E-state index in [4.69, 9.17) is 20.9 Å². The van der Waals surface area contributed by atoms with Crippen molar-refractivity contribution in [1.29, 1.82) is 0 Å². The second-order valence-electron chi connectivity index (χ2n) is 5.61. The van der Waals surface area contributed by atoms with Gasteiger partial charge in [0.1, 0.15) is 5.75 Å². The van der Waals surface area contributed by atoms with Gasteiger partial charge in [0.25, 0.3) is 5.91 Å². The van der Waals surface area contributed by atoms with Gasteiger partial charge in [-0.05, 0) is 19.1 Å². The maximum absolute atomic E-state index is 12.1. The predicted molar refractivity (Wildman–Crippen MR) is 98.0 cm³/mol. The summed E-state index contributed by atoms with van der Waals surface area (Å²) in [7, 11) is 0. The average molecular weight is 372 g/mol. The molecule has 3 aromatic rings. The Bertz CT molecular complexity index is 867. The van der Waals surface area contributed by atoms with Crippen molar-refractivity contribution in [3.05, 3.63) is 65.5 Å². The number of nitrogens with one attached hydrogen (secondary N) is 1. The van der Waals surface area contributed by atoms with Crippen LogP contribution in [0.3, 0.4) is 0 Å². The number of benzene rings is 2. The molecule has 1 atom stereocenters. The predicted octanol–water partition coefficient (Wildman–Crippen LogP) is 3.52. The van der Waals surface area contributed by atoms with Crippen LogP contribution in [0.4, 0.5) is 0 Å². The Hall–Kier alpha value is -2.86. The van der Waals surface area contributed by atoms with Gasteiger partial charge in [-0.25, -0.2) is 0 Å². The highest BCUT2D eigenvalue weighted by Crippen LogP contribution is 2.24. The number of hydrogen-bond acceptors (Lipinski definition) is 5. The molecule has 0 radical (unpaired) electrons. The highest BCUT2D eigenvalue weighted by atomic mass is 35.5. The minimum Gasteiger partial charge on any atom is -0.479 e. The van der Waals surface area contributed by atoms with Crippen molar-refractivity contribution in [1.82, 2.24) is 15.5 Å². The molecule has 1 amide bonds. The maximum atomic E-state index is 12.1. The quantitative estimate of drug-likeness (QED) is 0.687. The number of carbonyl (C=O) groups excluding carboxylic acids is 1. The van der Waals surface area contributed by atoms with Gasteiger partial charge >= 0.3 is 0 Å². The number of hydrogen-bond donors (Lipinski definition) is 1. The fourth-order valence-electron chi connectivity index (χ4n) is 2.28. The Morgan fingerprint density at radius 1 is 1.19 bits per heavy atom. The number of aromatic nitrogens is 2. The molecule has 0 bridgehead atoms. The first-order valence-electron chi connectivity index (χ1n) is 8.20. The first-order chi connectivity index (χ1) is 12.6. The van der Waals surface area contributed by atoms with Crippen molar-refractivity contribution in [3.63, 3.8) is 0 Å². The molecule has 0 aliphatic heterocycles. The number of nitrogens with zero attached hydrogens (tertiary/aromatic N) is 2. The number of rotatable bonds is 7. The van der Waals surface area contributed by atoms with Crippen molar-refractivity contribution in [2.45, 2.75) is 19.4 Å². The zero-order valence-corrected chi connectivity index (χ0v) is 14.9. The summed E-state index contributed by atoms with van der Waals surface area (Å²) >= 11 is 6.03. The van der Waals surface area contributed by atoms with E-state index in [1.165, 1.54) is 0 Å². The molecular formula is C19H18ClN3O3. The third-order valence-corrected chi connectivity index (χ3v) is 3.96. The maximum Gasteiger partial charge on any atom is 0.260 e. The van der Waals surface area contributed by atoms with Crippen molar-refractivity contribution in [2.24, 2.45) is 0 Å². The van der Waals surface area contributed by atoms with Crippen LogP contribution in [-0.2, 0) is 11.2 Å². The van der Waals surface area contributed by atoms with Crippen LogP contribution in [0.2, 0.25) is 5.02 Å². The van der Waals surface area contributed by atoms with Gasteiger partial charge in [-0.3, -0.25) is 4.79 Å². The second kappa shape index (κ2) is 8.49. The van der Waals surface area contributed by atoms with Crippen molar-refractivity contribution in [2.75, 3.05) is 6.54 Å². The average Bonchev–Trinajstić information content (AvgIpc) is 3.13. The summed E-state index contributed by atoms with van der Waals surface area (Å²) in [6.45, 7) is 2.03. The fraction of sp³-hybridized carbons (Fsp3) is 0.211. The van der Waals surface area contributed by atoms with E-state index in [1.807, 2.05) is 30.3 Å². The van der Waals surface area contributed by atoms with Gasteiger partial charge in [0, 0.05) is 18.5 Å². The summed E-state index contributed by atoms with van der Waals surface area (Å²) in [5.74, 6) is 1.22. The lowest BCUT2D eigenvalue weighted by molar-refractivity contribution is -0.127. The molecule has 0 aliphatic rings. The van der Waals surface area contributed by atoms with E-state index in [9.17, 15) is 4.79 Å². The van der Waals surface area contributed by atoms with Gasteiger partial charge in [-0.15, -0.1) is 0 Å². The highest BCUT2D eigenvalue weighted by molar-refractivity contribution is 6.32. The second-order valence-corrected chi connectivity index (χ2v) is 6.02.